The van der Waals surface area contributed by atoms with Gasteiger partial charge in [0, 0.05) is 0 Å². The number of rotatable bonds is 0. The standard InChI is InChI=1S/C8H10Cl2/c9-7-5-1-2-6(4-3-5)8(7)10/h1-2,5-8H,3-4H2/t5-,6+,7-,8+. The van der Waals surface area contributed by atoms with Crippen LogP contribution < -0.4 is 0 Å². The molecule has 3 rings (SSSR count). The van der Waals surface area contributed by atoms with Crippen LogP contribution in [0.5, 0.6) is 0 Å². The van der Waals surface area contributed by atoms with E-state index in [1.165, 1.54) is 12.8 Å². The maximum absolute atomic E-state index is 6.08. The molecule has 0 radical (unpaired) electrons. The van der Waals surface area contributed by atoms with Gasteiger partial charge in [0.25, 0.3) is 0 Å². The molecule has 4 atom stereocenters. The Morgan fingerprint density at radius 1 is 0.900 bits per heavy atom. The average molecular weight is 177 g/mol. The smallest absolute Gasteiger partial charge is 0.0568 e. The summed E-state index contributed by atoms with van der Waals surface area (Å²) in [7, 11) is 0. The first-order valence-corrected chi connectivity index (χ1v) is 4.63. The second kappa shape index (κ2) is 2.42. The molecule has 10 heavy (non-hydrogen) atoms. The molecule has 0 aromatic carbocycles. The van der Waals surface area contributed by atoms with Crippen LogP contribution in [0.25, 0.3) is 0 Å². The molecule has 0 saturated heterocycles. The lowest BCUT2D eigenvalue weighted by Gasteiger charge is -2.38. The minimum Gasteiger partial charge on any atom is -0.121 e. The van der Waals surface area contributed by atoms with Gasteiger partial charge >= 0.3 is 0 Å². The van der Waals surface area contributed by atoms with Gasteiger partial charge in [0.1, 0.15) is 0 Å². The summed E-state index contributed by atoms with van der Waals surface area (Å²) in [6.45, 7) is 0. The molecule has 3 aliphatic carbocycles. The molecule has 0 aliphatic heterocycles. The van der Waals surface area contributed by atoms with Gasteiger partial charge in [-0.15, -0.1) is 23.2 Å². The first-order chi connectivity index (χ1) is 4.79. The van der Waals surface area contributed by atoms with E-state index in [1.807, 2.05) is 0 Å². The predicted octanol–water partition coefficient (Wildman–Crippen LogP) is 2.80. The van der Waals surface area contributed by atoms with Crippen molar-refractivity contribution >= 4 is 23.2 Å². The van der Waals surface area contributed by atoms with E-state index in [2.05, 4.69) is 12.2 Å². The Bertz CT molecular complexity index is 147. The van der Waals surface area contributed by atoms with E-state index in [0.29, 0.717) is 11.8 Å². The molecule has 0 heterocycles. The van der Waals surface area contributed by atoms with Gasteiger partial charge in [-0.05, 0) is 24.7 Å². The Morgan fingerprint density at radius 2 is 1.30 bits per heavy atom. The van der Waals surface area contributed by atoms with Gasteiger partial charge in [0.15, 0.2) is 0 Å². The van der Waals surface area contributed by atoms with E-state index in [4.69, 9.17) is 23.2 Å². The number of halogens is 2. The van der Waals surface area contributed by atoms with E-state index in [9.17, 15) is 0 Å². The molecule has 1 fully saturated rings. The highest BCUT2D eigenvalue weighted by Gasteiger charge is 2.38. The number of hydrogen-bond acceptors (Lipinski definition) is 0. The molecule has 0 unspecified atom stereocenters. The summed E-state index contributed by atoms with van der Waals surface area (Å²) in [4.78, 5) is 0. The van der Waals surface area contributed by atoms with Gasteiger partial charge in [-0.1, -0.05) is 12.2 Å². The molecule has 3 aliphatic rings. The van der Waals surface area contributed by atoms with Crippen LogP contribution in [0.3, 0.4) is 0 Å². The van der Waals surface area contributed by atoms with Crippen LogP contribution >= 0.6 is 23.2 Å². The van der Waals surface area contributed by atoms with E-state index < -0.39 is 0 Å². The second-order valence-corrected chi connectivity index (χ2v) is 4.19. The normalized spacial score (nSPS) is 51.8. The number of hydrogen-bond donors (Lipinski definition) is 0. The largest absolute Gasteiger partial charge is 0.121 e. The highest BCUT2D eigenvalue weighted by atomic mass is 35.5. The van der Waals surface area contributed by atoms with Crippen molar-refractivity contribution in [2.75, 3.05) is 0 Å². The van der Waals surface area contributed by atoms with Gasteiger partial charge in [0.05, 0.1) is 10.8 Å². The second-order valence-electron chi connectivity index (χ2n) is 3.18. The minimum atomic E-state index is 0.186. The van der Waals surface area contributed by atoms with Crippen molar-refractivity contribution < 1.29 is 0 Å². The van der Waals surface area contributed by atoms with Crippen molar-refractivity contribution in [3.63, 3.8) is 0 Å². The molecule has 0 aromatic heterocycles. The summed E-state index contributed by atoms with van der Waals surface area (Å²) in [6.07, 6.45) is 6.92. The molecular weight excluding hydrogens is 167 g/mol. The Morgan fingerprint density at radius 3 is 1.50 bits per heavy atom. The van der Waals surface area contributed by atoms with Crippen LogP contribution in [-0.2, 0) is 0 Å². The van der Waals surface area contributed by atoms with Gasteiger partial charge in [-0.2, -0.15) is 0 Å². The summed E-state index contributed by atoms with van der Waals surface area (Å²) >= 11 is 12.2. The third-order valence-corrected chi connectivity index (χ3v) is 3.88. The quantitative estimate of drug-likeness (QED) is 0.394. The fourth-order valence-electron chi connectivity index (χ4n) is 1.87. The van der Waals surface area contributed by atoms with E-state index in [0.717, 1.165) is 0 Å². The SMILES string of the molecule is Cl[C@@H]1[C@H](Cl)[C@@H]2C=C[C@H]1CC2. The number of alkyl halides is 2. The van der Waals surface area contributed by atoms with Crippen molar-refractivity contribution in [2.45, 2.75) is 23.6 Å². The Balaban J connectivity index is 2.25. The summed E-state index contributed by atoms with van der Waals surface area (Å²) in [5, 5.41) is 0.371. The van der Waals surface area contributed by atoms with Crippen LogP contribution in [0.2, 0.25) is 0 Å². The molecule has 0 aromatic rings. The summed E-state index contributed by atoms with van der Waals surface area (Å²) in [5.41, 5.74) is 0. The monoisotopic (exact) mass is 176 g/mol. The zero-order valence-electron chi connectivity index (χ0n) is 5.63. The molecule has 2 heteroatoms. The third-order valence-electron chi connectivity index (χ3n) is 2.56. The van der Waals surface area contributed by atoms with Crippen molar-refractivity contribution in [3.05, 3.63) is 12.2 Å². The van der Waals surface area contributed by atoms with E-state index in [1.54, 1.807) is 0 Å². The van der Waals surface area contributed by atoms with Crippen LogP contribution in [0, 0.1) is 11.8 Å². The lowest BCUT2D eigenvalue weighted by Crippen LogP contribution is -2.38. The minimum absolute atomic E-state index is 0.186. The molecule has 0 spiro atoms. The number of allylic oxidation sites excluding steroid dienone is 2. The van der Waals surface area contributed by atoms with Gasteiger partial charge < -0.3 is 0 Å². The fraction of sp³-hybridized carbons (Fsp3) is 0.750. The van der Waals surface area contributed by atoms with Gasteiger partial charge in [0.2, 0.25) is 0 Å². The van der Waals surface area contributed by atoms with Crippen molar-refractivity contribution in [3.8, 4) is 0 Å². The molecular formula is C8H10Cl2. The Labute approximate surface area is 71.2 Å². The highest BCUT2D eigenvalue weighted by molar-refractivity contribution is 6.30. The summed E-state index contributed by atoms with van der Waals surface area (Å²) < 4.78 is 0. The van der Waals surface area contributed by atoms with Crippen LogP contribution in [0.15, 0.2) is 12.2 Å². The lowest BCUT2D eigenvalue weighted by atomic mass is 9.75. The maximum atomic E-state index is 6.08. The highest BCUT2D eigenvalue weighted by Crippen LogP contribution is 2.41. The summed E-state index contributed by atoms with van der Waals surface area (Å²) in [5.74, 6) is 1.10. The average Bonchev–Trinajstić information content (AvgIpc) is 2.00. The first kappa shape index (κ1) is 7.00. The lowest BCUT2D eigenvalue weighted by molar-refractivity contribution is 0.342. The zero-order valence-corrected chi connectivity index (χ0v) is 7.15. The molecule has 1 saturated carbocycles. The Kier molecular flexibility index (Phi) is 1.69. The van der Waals surface area contributed by atoms with Crippen molar-refractivity contribution in [2.24, 2.45) is 11.8 Å². The predicted molar refractivity (Wildman–Crippen MR) is 44.6 cm³/mol. The van der Waals surface area contributed by atoms with Crippen molar-refractivity contribution in [1.29, 1.82) is 0 Å². The molecule has 2 bridgehead atoms. The van der Waals surface area contributed by atoms with Crippen LogP contribution in [0.4, 0.5) is 0 Å². The first-order valence-electron chi connectivity index (χ1n) is 3.75. The number of fused-ring (bicyclic) bond motifs is 2. The molecule has 56 valence electrons. The topological polar surface area (TPSA) is 0 Å². The zero-order chi connectivity index (χ0) is 7.14. The van der Waals surface area contributed by atoms with Crippen molar-refractivity contribution in [1.82, 2.24) is 0 Å². The maximum Gasteiger partial charge on any atom is 0.0568 e. The van der Waals surface area contributed by atoms with Crippen LogP contribution in [-0.4, -0.2) is 10.8 Å². The fourth-order valence-corrected chi connectivity index (χ4v) is 2.66. The van der Waals surface area contributed by atoms with Gasteiger partial charge in [-0.25, -0.2) is 0 Å². The Hall–Kier alpha value is 0.320. The summed E-state index contributed by atoms with van der Waals surface area (Å²) in [6, 6.07) is 0. The molecule has 0 amide bonds. The van der Waals surface area contributed by atoms with E-state index >= 15 is 0 Å². The van der Waals surface area contributed by atoms with Gasteiger partial charge in [-0.3, -0.25) is 0 Å². The molecule has 0 N–H and O–H groups in total. The third kappa shape index (κ3) is 0.895. The van der Waals surface area contributed by atoms with E-state index in [-0.39, 0.29) is 10.8 Å². The molecule has 0 nitrogen and oxygen atoms in total. The van der Waals surface area contributed by atoms with Crippen LogP contribution in [0.1, 0.15) is 12.8 Å².